The van der Waals surface area contributed by atoms with E-state index in [2.05, 4.69) is 10.3 Å². The Labute approximate surface area is 109 Å². The molecule has 0 unspecified atom stereocenters. The first-order chi connectivity index (χ1) is 8.67. The van der Waals surface area contributed by atoms with Crippen LogP contribution in [0.15, 0.2) is 24.4 Å². The van der Waals surface area contributed by atoms with Crippen LogP contribution in [0.5, 0.6) is 0 Å². The van der Waals surface area contributed by atoms with E-state index in [0.717, 1.165) is 29.0 Å². The van der Waals surface area contributed by atoms with Crippen molar-refractivity contribution in [2.24, 2.45) is 0 Å². The fraction of sp³-hybridized carbons (Fsp3) is 0.308. The van der Waals surface area contributed by atoms with Gasteiger partial charge in [0, 0.05) is 30.1 Å². The Morgan fingerprint density at radius 1 is 1.22 bits per heavy atom. The zero-order valence-corrected chi connectivity index (χ0v) is 10.9. The second-order valence-electron chi connectivity index (χ2n) is 3.96. The number of aromatic nitrogens is 1. The van der Waals surface area contributed by atoms with Gasteiger partial charge in [-0.15, -0.1) is 11.3 Å². The fourth-order valence-corrected chi connectivity index (χ4v) is 2.57. The maximum atomic E-state index is 13.0. The van der Waals surface area contributed by atoms with Crippen molar-refractivity contribution < 1.29 is 8.78 Å². The lowest BCUT2D eigenvalue weighted by atomic mass is 10.1. The van der Waals surface area contributed by atoms with Gasteiger partial charge in [0.05, 0.1) is 5.01 Å². The molecule has 1 N–H and O–H groups in total. The summed E-state index contributed by atoms with van der Waals surface area (Å²) >= 11 is 1.56. The molecule has 2 aromatic rings. The molecule has 96 valence electrons. The highest BCUT2D eigenvalue weighted by atomic mass is 32.1. The van der Waals surface area contributed by atoms with Crippen molar-refractivity contribution in [3.63, 3.8) is 0 Å². The summed E-state index contributed by atoms with van der Waals surface area (Å²) in [6.07, 6.45) is 2.27. The standard InChI is InChI=1S/C13H14F2N2S/c1-2-16-7-12-8-17-13(18-12)5-9-3-10(14)6-11(15)4-9/h3-4,6,8,16H,2,5,7H2,1H3. The summed E-state index contributed by atoms with van der Waals surface area (Å²) in [4.78, 5) is 5.39. The Morgan fingerprint density at radius 2 is 1.94 bits per heavy atom. The Kier molecular flexibility index (Phi) is 4.38. The number of halogens is 2. The van der Waals surface area contributed by atoms with Crippen molar-refractivity contribution in [1.29, 1.82) is 0 Å². The van der Waals surface area contributed by atoms with Gasteiger partial charge in [-0.25, -0.2) is 13.8 Å². The van der Waals surface area contributed by atoms with Gasteiger partial charge in [0.2, 0.25) is 0 Å². The normalized spacial score (nSPS) is 10.8. The van der Waals surface area contributed by atoms with Gasteiger partial charge in [0.25, 0.3) is 0 Å². The fourth-order valence-electron chi connectivity index (χ4n) is 1.65. The summed E-state index contributed by atoms with van der Waals surface area (Å²) in [6.45, 7) is 3.73. The zero-order chi connectivity index (χ0) is 13.0. The molecule has 18 heavy (non-hydrogen) atoms. The van der Waals surface area contributed by atoms with Crippen LogP contribution in [-0.2, 0) is 13.0 Å². The minimum Gasteiger partial charge on any atom is -0.312 e. The van der Waals surface area contributed by atoms with E-state index in [9.17, 15) is 8.78 Å². The van der Waals surface area contributed by atoms with E-state index >= 15 is 0 Å². The highest BCUT2D eigenvalue weighted by molar-refractivity contribution is 7.11. The number of hydrogen-bond donors (Lipinski definition) is 1. The average Bonchev–Trinajstić information content (AvgIpc) is 2.72. The molecule has 0 amide bonds. The first-order valence-corrected chi connectivity index (χ1v) is 6.58. The van der Waals surface area contributed by atoms with E-state index in [-0.39, 0.29) is 0 Å². The summed E-state index contributed by atoms with van der Waals surface area (Å²) in [5.41, 5.74) is 0.608. The Bertz CT molecular complexity index is 505. The highest BCUT2D eigenvalue weighted by Crippen LogP contribution is 2.18. The van der Waals surface area contributed by atoms with Gasteiger partial charge < -0.3 is 5.32 Å². The Balaban J connectivity index is 2.06. The van der Waals surface area contributed by atoms with Gasteiger partial charge in [0.15, 0.2) is 0 Å². The molecule has 0 atom stereocenters. The summed E-state index contributed by atoms with van der Waals surface area (Å²) in [5.74, 6) is -1.09. The van der Waals surface area contributed by atoms with E-state index in [4.69, 9.17) is 0 Å². The third-order valence-corrected chi connectivity index (χ3v) is 3.43. The van der Waals surface area contributed by atoms with Gasteiger partial charge in [-0.2, -0.15) is 0 Å². The van der Waals surface area contributed by atoms with E-state index in [0.29, 0.717) is 12.0 Å². The summed E-state index contributed by atoms with van der Waals surface area (Å²) in [5, 5.41) is 4.08. The van der Waals surface area contributed by atoms with Gasteiger partial charge >= 0.3 is 0 Å². The molecule has 0 spiro atoms. The van der Waals surface area contributed by atoms with Gasteiger partial charge in [0.1, 0.15) is 11.6 Å². The Morgan fingerprint density at radius 3 is 2.61 bits per heavy atom. The SMILES string of the molecule is CCNCc1cnc(Cc2cc(F)cc(F)c2)s1. The highest BCUT2D eigenvalue weighted by Gasteiger charge is 2.06. The molecule has 2 nitrogen and oxygen atoms in total. The maximum absolute atomic E-state index is 13.0. The van der Waals surface area contributed by atoms with Crippen molar-refractivity contribution in [2.45, 2.75) is 19.9 Å². The summed E-state index contributed by atoms with van der Waals surface area (Å²) < 4.78 is 26.1. The summed E-state index contributed by atoms with van der Waals surface area (Å²) in [6, 6.07) is 3.56. The number of rotatable bonds is 5. The van der Waals surface area contributed by atoms with Gasteiger partial charge in [-0.05, 0) is 24.2 Å². The molecule has 0 aliphatic carbocycles. The van der Waals surface area contributed by atoms with Crippen LogP contribution in [-0.4, -0.2) is 11.5 Å². The molecular formula is C13H14F2N2S. The van der Waals surface area contributed by atoms with E-state index in [1.165, 1.54) is 12.1 Å². The molecule has 0 saturated carbocycles. The summed E-state index contributed by atoms with van der Waals surface area (Å²) in [7, 11) is 0. The molecular weight excluding hydrogens is 254 g/mol. The van der Waals surface area contributed by atoms with Gasteiger partial charge in [-0.3, -0.25) is 0 Å². The zero-order valence-electron chi connectivity index (χ0n) is 10.0. The number of benzene rings is 1. The van der Waals surface area contributed by atoms with Crippen molar-refractivity contribution in [3.05, 3.63) is 51.5 Å². The molecule has 0 bridgehead atoms. The first-order valence-electron chi connectivity index (χ1n) is 5.76. The average molecular weight is 268 g/mol. The van der Waals surface area contributed by atoms with Gasteiger partial charge in [-0.1, -0.05) is 6.92 Å². The first kappa shape index (κ1) is 13.1. The third-order valence-electron chi connectivity index (χ3n) is 2.43. The molecule has 2 rings (SSSR count). The van der Waals surface area contributed by atoms with Crippen molar-refractivity contribution in [3.8, 4) is 0 Å². The molecule has 0 saturated heterocycles. The van der Waals surface area contributed by atoms with Crippen LogP contribution >= 0.6 is 11.3 Å². The van der Waals surface area contributed by atoms with Crippen molar-refractivity contribution in [2.75, 3.05) is 6.54 Å². The smallest absolute Gasteiger partial charge is 0.126 e. The van der Waals surface area contributed by atoms with E-state index < -0.39 is 11.6 Å². The van der Waals surface area contributed by atoms with E-state index in [1.54, 1.807) is 17.5 Å². The predicted molar refractivity (Wildman–Crippen MR) is 68.7 cm³/mol. The molecule has 0 radical (unpaired) electrons. The Hall–Kier alpha value is -1.33. The number of hydrogen-bond acceptors (Lipinski definition) is 3. The number of thiazole rings is 1. The van der Waals surface area contributed by atoms with Crippen LogP contribution in [0.1, 0.15) is 22.4 Å². The van der Waals surface area contributed by atoms with Crippen LogP contribution in [0.3, 0.4) is 0 Å². The molecule has 0 aliphatic rings. The third kappa shape index (κ3) is 3.58. The quantitative estimate of drug-likeness (QED) is 0.901. The van der Waals surface area contributed by atoms with Crippen LogP contribution in [0.4, 0.5) is 8.78 Å². The maximum Gasteiger partial charge on any atom is 0.126 e. The molecule has 0 fully saturated rings. The van der Waals surface area contributed by atoms with Crippen LogP contribution in [0, 0.1) is 11.6 Å². The molecule has 0 aliphatic heterocycles. The molecule has 1 heterocycles. The minimum atomic E-state index is -0.547. The lowest BCUT2D eigenvalue weighted by molar-refractivity contribution is 0.580. The van der Waals surface area contributed by atoms with Crippen LogP contribution < -0.4 is 5.32 Å². The van der Waals surface area contributed by atoms with Crippen LogP contribution in [0.2, 0.25) is 0 Å². The monoisotopic (exact) mass is 268 g/mol. The number of nitrogens with one attached hydrogen (secondary N) is 1. The second kappa shape index (κ2) is 6.02. The lowest BCUT2D eigenvalue weighted by Gasteiger charge is -1.99. The molecule has 1 aromatic carbocycles. The molecule has 1 aromatic heterocycles. The van der Waals surface area contributed by atoms with E-state index in [1.807, 2.05) is 6.92 Å². The largest absolute Gasteiger partial charge is 0.312 e. The second-order valence-corrected chi connectivity index (χ2v) is 5.15. The van der Waals surface area contributed by atoms with Crippen molar-refractivity contribution in [1.82, 2.24) is 10.3 Å². The van der Waals surface area contributed by atoms with Crippen LogP contribution in [0.25, 0.3) is 0 Å². The molecule has 5 heteroatoms. The lowest BCUT2D eigenvalue weighted by Crippen LogP contribution is -2.10. The minimum absolute atomic E-state index is 0.464. The number of nitrogens with zero attached hydrogens (tertiary/aromatic N) is 1. The topological polar surface area (TPSA) is 24.9 Å². The predicted octanol–water partition coefficient (Wildman–Crippen LogP) is 3.12. The van der Waals surface area contributed by atoms with Crippen molar-refractivity contribution >= 4 is 11.3 Å².